The Hall–Kier alpha value is -1.94. The summed E-state index contributed by atoms with van der Waals surface area (Å²) in [6, 6.07) is 2.07. The lowest BCUT2D eigenvalue weighted by atomic mass is 9.97. The maximum atomic E-state index is 12.9. The highest BCUT2D eigenvalue weighted by atomic mass is 32.2. The summed E-state index contributed by atoms with van der Waals surface area (Å²) in [5.74, 6) is 0.149. The Labute approximate surface area is 177 Å². The molecule has 1 aliphatic rings. The van der Waals surface area contributed by atoms with E-state index in [1.54, 1.807) is 13.8 Å². The smallest absolute Gasteiger partial charge is 0.248 e. The Morgan fingerprint density at radius 3 is 2.62 bits per heavy atom. The number of thiazole rings is 1. The van der Waals surface area contributed by atoms with E-state index in [1.807, 2.05) is 6.92 Å². The van der Waals surface area contributed by atoms with Crippen LogP contribution in [0.4, 0.5) is 5.13 Å². The van der Waals surface area contributed by atoms with E-state index in [0.29, 0.717) is 29.4 Å². The highest BCUT2D eigenvalue weighted by molar-refractivity contribution is 8.01. The van der Waals surface area contributed by atoms with Crippen LogP contribution in [-0.2, 0) is 14.8 Å². The van der Waals surface area contributed by atoms with Crippen LogP contribution < -0.4 is 5.32 Å². The van der Waals surface area contributed by atoms with E-state index in [1.165, 1.54) is 27.4 Å². The topological polar surface area (TPSA) is 129 Å². The van der Waals surface area contributed by atoms with E-state index < -0.39 is 10.0 Å². The highest BCUT2D eigenvalue weighted by Crippen LogP contribution is 2.33. The molecule has 1 N–H and O–H groups in total. The van der Waals surface area contributed by atoms with Crippen molar-refractivity contribution in [3.8, 4) is 6.07 Å². The maximum absolute atomic E-state index is 12.9. The molecular formula is C17H21N5O4S3. The molecule has 1 amide bonds. The number of hydrogen-bond acceptors (Lipinski definition) is 9. The van der Waals surface area contributed by atoms with Crippen molar-refractivity contribution in [3.63, 3.8) is 0 Å². The number of nitrogens with one attached hydrogen (secondary N) is 1. The van der Waals surface area contributed by atoms with Gasteiger partial charge in [-0.05, 0) is 33.6 Å². The van der Waals surface area contributed by atoms with Crippen LogP contribution in [0, 0.1) is 38.0 Å². The van der Waals surface area contributed by atoms with Crippen molar-refractivity contribution in [2.24, 2.45) is 5.92 Å². The van der Waals surface area contributed by atoms with Gasteiger partial charge in [-0.1, -0.05) is 28.3 Å². The molecule has 3 rings (SSSR count). The van der Waals surface area contributed by atoms with Gasteiger partial charge in [0, 0.05) is 19.0 Å². The number of nitriles is 1. The molecule has 2 aromatic heterocycles. The molecule has 0 unspecified atom stereocenters. The van der Waals surface area contributed by atoms with E-state index >= 15 is 0 Å². The van der Waals surface area contributed by atoms with Crippen LogP contribution in [0.5, 0.6) is 0 Å². The summed E-state index contributed by atoms with van der Waals surface area (Å²) in [5.41, 5.74) is 1.12. The van der Waals surface area contributed by atoms with Crippen LogP contribution >= 0.6 is 23.1 Å². The number of nitrogens with zero attached hydrogens (tertiary/aromatic N) is 4. The van der Waals surface area contributed by atoms with Crippen molar-refractivity contribution < 1.29 is 17.7 Å². The van der Waals surface area contributed by atoms with Gasteiger partial charge in [0.1, 0.15) is 10.6 Å². The van der Waals surface area contributed by atoms with Crippen LogP contribution in [-0.4, -0.2) is 47.6 Å². The Morgan fingerprint density at radius 2 is 2.03 bits per heavy atom. The number of carbonyl (C=O) groups excluding carboxylic acids is 1. The zero-order chi connectivity index (χ0) is 21.2. The zero-order valence-electron chi connectivity index (χ0n) is 16.3. The summed E-state index contributed by atoms with van der Waals surface area (Å²) < 4.78 is 33.0. The first kappa shape index (κ1) is 21.8. The second kappa shape index (κ2) is 8.83. The minimum atomic E-state index is -3.69. The summed E-state index contributed by atoms with van der Waals surface area (Å²) in [5, 5.41) is 15.7. The number of aryl methyl sites for hydroxylation is 3. The molecule has 0 aromatic carbocycles. The largest absolute Gasteiger partial charge is 0.360 e. The number of sulfonamides is 1. The van der Waals surface area contributed by atoms with Crippen LogP contribution in [0.3, 0.4) is 0 Å². The lowest BCUT2D eigenvalue weighted by Gasteiger charge is -2.30. The van der Waals surface area contributed by atoms with Crippen LogP contribution in [0.2, 0.25) is 0 Å². The van der Waals surface area contributed by atoms with E-state index in [9.17, 15) is 13.2 Å². The van der Waals surface area contributed by atoms with E-state index in [-0.39, 0.29) is 35.6 Å². The number of carbonyl (C=O) groups is 1. The molecule has 156 valence electrons. The Balaban J connectivity index is 1.61. The molecule has 1 fully saturated rings. The molecule has 0 atom stereocenters. The van der Waals surface area contributed by atoms with Crippen molar-refractivity contribution in [2.45, 2.75) is 42.7 Å². The van der Waals surface area contributed by atoms with Gasteiger partial charge < -0.3 is 9.84 Å². The summed E-state index contributed by atoms with van der Waals surface area (Å²) in [6.45, 7) is 5.52. The molecule has 29 heavy (non-hydrogen) atoms. The molecule has 0 saturated carbocycles. The molecule has 0 radical (unpaired) electrons. The SMILES string of the molecule is Cc1nc(NC(=O)C2CCN(S(=O)(=O)c3c(C)noc3C)CC2)sc1SCC#N. The van der Waals surface area contributed by atoms with Crippen LogP contribution in [0.1, 0.15) is 30.0 Å². The summed E-state index contributed by atoms with van der Waals surface area (Å²) in [4.78, 5) is 17.0. The van der Waals surface area contributed by atoms with Crippen molar-refractivity contribution in [1.82, 2.24) is 14.4 Å². The van der Waals surface area contributed by atoms with E-state index in [0.717, 1.165) is 9.90 Å². The molecule has 0 bridgehead atoms. The fraction of sp³-hybridized carbons (Fsp3) is 0.529. The van der Waals surface area contributed by atoms with Gasteiger partial charge in [0.2, 0.25) is 15.9 Å². The molecule has 12 heteroatoms. The van der Waals surface area contributed by atoms with Gasteiger partial charge in [0.15, 0.2) is 10.9 Å². The number of aromatic nitrogens is 2. The van der Waals surface area contributed by atoms with E-state index in [2.05, 4.69) is 21.5 Å². The third-order valence-corrected chi connectivity index (χ3v) is 9.09. The molecule has 1 saturated heterocycles. The number of piperidine rings is 1. The molecule has 9 nitrogen and oxygen atoms in total. The fourth-order valence-corrected chi connectivity index (χ4v) is 6.77. The molecule has 2 aromatic rings. The number of anilines is 1. The van der Waals surface area contributed by atoms with Crippen molar-refractivity contribution >= 4 is 44.2 Å². The van der Waals surface area contributed by atoms with Gasteiger partial charge in [-0.15, -0.1) is 0 Å². The van der Waals surface area contributed by atoms with Crippen molar-refractivity contribution in [1.29, 1.82) is 5.26 Å². The van der Waals surface area contributed by atoms with Crippen molar-refractivity contribution in [3.05, 3.63) is 17.1 Å². The number of thioether (sulfide) groups is 1. The summed E-state index contributed by atoms with van der Waals surface area (Å²) >= 11 is 2.74. The lowest BCUT2D eigenvalue weighted by molar-refractivity contribution is -0.120. The zero-order valence-corrected chi connectivity index (χ0v) is 18.7. The third-order valence-electron chi connectivity index (χ3n) is 4.64. The number of hydrogen-bond donors (Lipinski definition) is 1. The summed E-state index contributed by atoms with van der Waals surface area (Å²) in [7, 11) is -3.69. The van der Waals surface area contributed by atoms with Crippen molar-refractivity contribution in [2.75, 3.05) is 24.2 Å². The van der Waals surface area contributed by atoms with Gasteiger partial charge in [-0.2, -0.15) is 9.57 Å². The maximum Gasteiger partial charge on any atom is 0.248 e. The van der Waals surface area contributed by atoms with Gasteiger partial charge in [-0.25, -0.2) is 13.4 Å². The lowest BCUT2D eigenvalue weighted by Crippen LogP contribution is -2.41. The predicted octanol–water partition coefficient (Wildman–Crippen LogP) is 2.71. The molecule has 0 aliphatic carbocycles. The Bertz CT molecular complexity index is 1030. The quantitative estimate of drug-likeness (QED) is 0.658. The monoisotopic (exact) mass is 455 g/mol. The second-order valence-corrected chi connectivity index (χ2v) is 10.8. The normalized spacial score (nSPS) is 15.9. The fourth-order valence-electron chi connectivity index (χ4n) is 3.21. The van der Waals surface area contributed by atoms with Crippen LogP contribution in [0.15, 0.2) is 13.6 Å². The van der Waals surface area contributed by atoms with Gasteiger partial charge in [0.05, 0.1) is 21.7 Å². The minimum absolute atomic E-state index is 0.112. The average Bonchev–Trinajstić information content (AvgIpc) is 3.21. The molecule has 1 aliphatic heterocycles. The third kappa shape index (κ3) is 4.63. The Morgan fingerprint density at radius 1 is 1.34 bits per heavy atom. The highest BCUT2D eigenvalue weighted by Gasteiger charge is 2.35. The van der Waals surface area contributed by atoms with Gasteiger partial charge in [-0.3, -0.25) is 4.79 Å². The molecule has 0 spiro atoms. The molecule has 3 heterocycles. The first-order chi connectivity index (χ1) is 13.7. The van der Waals surface area contributed by atoms with Gasteiger partial charge >= 0.3 is 0 Å². The Kier molecular flexibility index (Phi) is 6.62. The summed E-state index contributed by atoms with van der Waals surface area (Å²) in [6.07, 6.45) is 0.851. The number of amides is 1. The molecular weight excluding hydrogens is 434 g/mol. The average molecular weight is 456 g/mol. The minimum Gasteiger partial charge on any atom is -0.360 e. The van der Waals surface area contributed by atoms with E-state index in [4.69, 9.17) is 9.78 Å². The first-order valence-corrected chi connectivity index (χ1v) is 12.2. The van der Waals surface area contributed by atoms with Gasteiger partial charge in [0.25, 0.3) is 0 Å². The van der Waals surface area contributed by atoms with Crippen LogP contribution in [0.25, 0.3) is 0 Å². The predicted molar refractivity (Wildman–Crippen MR) is 109 cm³/mol. The first-order valence-electron chi connectivity index (χ1n) is 8.95. The standard InChI is InChI=1S/C17H21N5O4S3/c1-10-14(12(3)26-21-10)29(24,25)22-7-4-13(5-8-22)15(23)20-17-19-11(2)16(28-17)27-9-6-18/h13H,4-5,7-9H2,1-3H3,(H,19,20,23). The second-order valence-electron chi connectivity index (χ2n) is 6.66. The number of rotatable bonds is 6.